The fourth-order valence-electron chi connectivity index (χ4n) is 3.58. The second kappa shape index (κ2) is 6.85. The van der Waals surface area contributed by atoms with Gasteiger partial charge in [-0.15, -0.1) is 0 Å². The first kappa shape index (κ1) is 16.8. The zero-order valence-electron chi connectivity index (χ0n) is 15.1. The summed E-state index contributed by atoms with van der Waals surface area (Å²) >= 11 is 0. The number of nitrogens with zero attached hydrogens (tertiary/aromatic N) is 2. The van der Waals surface area contributed by atoms with Gasteiger partial charge in [0.05, 0.1) is 0 Å². The van der Waals surface area contributed by atoms with Gasteiger partial charge < -0.3 is 20.1 Å². The number of rotatable bonds is 4. The van der Waals surface area contributed by atoms with Gasteiger partial charge in [0.15, 0.2) is 0 Å². The summed E-state index contributed by atoms with van der Waals surface area (Å²) in [5.74, 6) is 0.590. The molecule has 1 aliphatic heterocycles. The zero-order valence-corrected chi connectivity index (χ0v) is 15.1. The van der Waals surface area contributed by atoms with Crippen LogP contribution in [0, 0.1) is 19.8 Å². The Balaban J connectivity index is 1.56. The number of carbonyl (C=O) groups is 1. The number of benzene rings is 1. The predicted molar refractivity (Wildman–Crippen MR) is 98.2 cm³/mol. The van der Waals surface area contributed by atoms with Gasteiger partial charge in [0.25, 0.3) is 0 Å². The molecule has 0 spiro atoms. The van der Waals surface area contributed by atoms with Crippen molar-refractivity contribution in [1.29, 1.82) is 0 Å². The molecule has 5 nitrogen and oxygen atoms in total. The molecule has 5 heteroatoms. The number of hydrogen-bond acceptors (Lipinski definition) is 2. The minimum atomic E-state index is 0.00613. The number of H-pyrrole nitrogens is 1. The summed E-state index contributed by atoms with van der Waals surface area (Å²) in [7, 11) is 4.03. The molecule has 0 aliphatic carbocycles. The third kappa shape index (κ3) is 3.56. The second-order valence-corrected chi connectivity index (χ2v) is 7.21. The second-order valence-electron chi connectivity index (χ2n) is 7.21. The Morgan fingerprint density at radius 3 is 2.92 bits per heavy atom. The van der Waals surface area contributed by atoms with Crippen LogP contribution in [-0.4, -0.2) is 54.5 Å². The minimum Gasteiger partial charge on any atom is -0.358 e. The molecular weight excluding hydrogens is 300 g/mol. The smallest absolute Gasteiger partial charge is 0.317 e. The van der Waals surface area contributed by atoms with Gasteiger partial charge in [0.2, 0.25) is 0 Å². The molecule has 1 unspecified atom stereocenters. The number of aromatic amines is 1. The Morgan fingerprint density at radius 1 is 1.42 bits per heavy atom. The van der Waals surface area contributed by atoms with E-state index in [1.807, 2.05) is 11.9 Å². The van der Waals surface area contributed by atoms with Crippen LogP contribution in [0.1, 0.15) is 23.2 Å². The number of amides is 2. The monoisotopic (exact) mass is 328 g/mol. The Morgan fingerprint density at radius 2 is 2.21 bits per heavy atom. The van der Waals surface area contributed by atoms with Gasteiger partial charge in [-0.05, 0) is 63.0 Å². The number of fused-ring (bicyclic) bond motifs is 1. The maximum absolute atomic E-state index is 12.3. The van der Waals surface area contributed by atoms with E-state index in [9.17, 15) is 4.79 Å². The molecule has 0 radical (unpaired) electrons. The fourth-order valence-corrected chi connectivity index (χ4v) is 3.58. The number of carbonyl (C=O) groups excluding carboxylic acids is 1. The molecule has 2 amide bonds. The minimum absolute atomic E-state index is 0.00613. The first-order chi connectivity index (χ1) is 11.4. The molecule has 3 rings (SSSR count). The summed E-state index contributed by atoms with van der Waals surface area (Å²) in [5.41, 5.74) is 4.77. The van der Waals surface area contributed by atoms with Crippen molar-refractivity contribution in [1.82, 2.24) is 20.1 Å². The van der Waals surface area contributed by atoms with Gasteiger partial charge in [-0.25, -0.2) is 4.79 Å². The lowest BCUT2D eigenvalue weighted by Gasteiger charge is -2.21. The molecule has 1 aromatic heterocycles. The summed E-state index contributed by atoms with van der Waals surface area (Å²) in [4.78, 5) is 19.8. The highest BCUT2D eigenvalue weighted by atomic mass is 16.2. The summed E-state index contributed by atoms with van der Waals surface area (Å²) < 4.78 is 0. The van der Waals surface area contributed by atoms with Crippen molar-refractivity contribution in [2.75, 3.05) is 33.7 Å². The van der Waals surface area contributed by atoms with Crippen LogP contribution >= 0.6 is 0 Å². The Bertz CT molecular complexity index is 736. The lowest BCUT2D eigenvalue weighted by atomic mass is 10.1. The van der Waals surface area contributed by atoms with Crippen molar-refractivity contribution in [3.63, 3.8) is 0 Å². The average Bonchev–Trinajstić information content (AvgIpc) is 3.09. The van der Waals surface area contributed by atoms with Crippen molar-refractivity contribution in [2.24, 2.45) is 5.92 Å². The molecule has 1 saturated heterocycles. The van der Waals surface area contributed by atoms with E-state index in [1.165, 1.54) is 23.1 Å². The van der Waals surface area contributed by atoms with E-state index in [2.05, 4.69) is 54.3 Å². The number of aromatic nitrogens is 1. The third-order valence-electron chi connectivity index (χ3n) is 5.18. The molecule has 0 bridgehead atoms. The first-order valence-corrected chi connectivity index (χ1v) is 8.69. The Labute approximate surface area is 144 Å². The molecule has 1 atom stereocenters. The molecule has 130 valence electrons. The van der Waals surface area contributed by atoms with Gasteiger partial charge in [0, 0.05) is 43.3 Å². The molecule has 24 heavy (non-hydrogen) atoms. The topological polar surface area (TPSA) is 51.4 Å². The van der Waals surface area contributed by atoms with Crippen LogP contribution in [0.5, 0.6) is 0 Å². The summed E-state index contributed by atoms with van der Waals surface area (Å²) in [5, 5.41) is 4.28. The van der Waals surface area contributed by atoms with Gasteiger partial charge in [-0.1, -0.05) is 6.07 Å². The maximum atomic E-state index is 12.3. The van der Waals surface area contributed by atoms with Crippen LogP contribution in [0.25, 0.3) is 10.9 Å². The average molecular weight is 328 g/mol. The molecule has 0 saturated carbocycles. The van der Waals surface area contributed by atoms with E-state index in [4.69, 9.17) is 0 Å². The van der Waals surface area contributed by atoms with Crippen molar-refractivity contribution < 1.29 is 4.79 Å². The normalized spacial score (nSPS) is 18.2. The van der Waals surface area contributed by atoms with E-state index in [0.29, 0.717) is 12.5 Å². The molecule has 1 aromatic carbocycles. The lowest BCUT2D eigenvalue weighted by molar-refractivity contribution is 0.200. The first-order valence-electron chi connectivity index (χ1n) is 8.69. The van der Waals surface area contributed by atoms with Gasteiger partial charge in [0.1, 0.15) is 0 Å². The number of likely N-dealkylation sites (tertiary alicyclic amines) is 1. The Kier molecular flexibility index (Phi) is 4.81. The summed E-state index contributed by atoms with van der Waals surface area (Å²) in [6.07, 6.45) is 1.18. The van der Waals surface area contributed by atoms with E-state index in [-0.39, 0.29) is 6.03 Å². The number of hydrogen-bond donors (Lipinski definition) is 2. The third-order valence-corrected chi connectivity index (χ3v) is 5.18. The highest BCUT2D eigenvalue weighted by Crippen LogP contribution is 2.22. The Hall–Kier alpha value is -2.01. The number of aryl methyl sites for hydroxylation is 2. The molecule has 2 heterocycles. The number of nitrogens with one attached hydrogen (secondary N) is 2. The summed E-state index contributed by atoms with van der Waals surface area (Å²) in [6.45, 7) is 7.82. The van der Waals surface area contributed by atoms with Crippen molar-refractivity contribution >= 4 is 16.9 Å². The molecular formula is C19H28N4O. The van der Waals surface area contributed by atoms with E-state index < -0.39 is 0 Å². The van der Waals surface area contributed by atoms with Crippen LogP contribution in [0.15, 0.2) is 18.2 Å². The lowest BCUT2D eigenvalue weighted by Crippen LogP contribution is -2.40. The number of urea groups is 1. The molecule has 1 aliphatic rings. The van der Waals surface area contributed by atoms with Crippen LogP contribution in [0.3, 0.4) is 0 Å². The highest BCUT2D eigenvalue weighted by Gasteiger charge is 2.22. The zero-order chi connectivity index (χ0) is 17.3. The largest absolute Gasteiger partial charge is 0.358 e. The van der Waals surface area contributed by atoms with Crippen molar-refractivity contribution in [2.45, 2.75) is 26.8 Å². The van der Waals surface area contributed by atoms with Crippen molar-refractivity contribution in [3.05, 3.63) is 35.0 Å². The summed E-state index contributed by atoms with van der Waals surface area (Å²) in [6, 6.07) is 6.34. The van der Waals surface area contributed by atoms with Crippen LogP contribution in [0.2, 0.25) is 0 Å². The SMILES string of the molecule is Cc1[nH]c2ccc(CNC(=O)N(C)CC3CCN(C)C3)cc2c1C. The highest BCUT2D eigenvalue weighted by molar-refractivity contribution is 5.85. The predicted octanol–water partition coefficient (Wildman–Crippen LogP) is 2.88. The quantitative estimate of drug-likeness (QED) is 0.907. The fraction of sp³-hybridized carbons (Fsp3) is 0.526. The maximum Gasteiger partial charge on any atom is 0.317 e. The van der Waals surface area contributed by atoms with Crippen molar-refractivity contribution in [3.8, 4) is 0 Å². The van der Waals surface area contributed by atoms with E-state index in [0.717, 1.165) is 30.7 Å². The standard InChI is InChI=1S/C19H28N4O/c1-13-14(2)21-18-6-5-15(9-17(13)18)10-20-19(24)23(4)12-16-7-8-22(3)11-16/h5-6,9,16,21H,7-8,10-12H2,1-4H3,(H,20,24). The van der Waals surface area contributed by atoms with E-state index >= 15 is 0 Å². The molecule has 2 aromatic rings. The van der Waals surface area contributed by atoms with Gasteiger partial charge >= 0.3 is 6.03 Å². The molecule has 2 N–H and O–H groups in total. The molecule has 1 fully saturated rings. The van der Waals surface area contributed by atoms with Gasteiger partial charge in [-0.3, -0.25) is 0 Å². The van der Waals surface area contributed by atoms with Crippen LogP contribution < -0.4 is 5.32 Å². The van der Waals surface area contributed by atoms with E-state index in [1.54, 1.807) is 0 Å². The van der Waals surface area contributed by atoms with Gasteiger partial charge in [-0.2, -0.15) is 0 Å². The van der Waals surface area contributed by atoms with Crippen LogP contribution in [-0.2, 0) is 6.54 Å². The van der Waals surface area contributed by atoms with Crippen LogP contribution in [0.4, 0.5) is 4.79 Å².